The molecule has 1 aromatic rings. The van der Waals surface area contributed by atoms with Gasteiger partial charge in [-0.05, 0) is 50.1 Å². The summed E-state index contributed by atoms with van der Waals surface area (Å²) in [4.78, 5) is 8.20. The monoisotopic (exact) mass is 432 g/mol. The smallest absolute Gasteiger partial charge is 0.231 e. The van der Waals surface area contributed by atoms with E-state index < -0.39 is 5.97 Å². The minimum atomic E-state index is -0.688. The van der Waals surface area contributed by atoms with Crippen LogP contribution in [0.1, 0.15) is 45.2 Å². The summed E-state index contributed by atoms with van der Waals surface area (Å²) < 4.78 is 24.2. The number of hydrogen-bond donors (Lipinski definition) is 4. The molecule has 1 aliphatic heterocycles. The molecule has 2 rings (SSSR count). The maximum Gasteiger partial charge on any atom is 0.231 e. The van der Waals surface area contributed by atoms with Crippen molar-refractivity contribution in [2.24, 2.45) is 15.7 Å². The number of allylic oxidation sites excluding steroid dienone is 1. The zero-order chi connectivity index (χ0) is 23.0. The number of ether oxygens (including phenoxy) is 2. The molecule has 0 spiro atoms. The minimum Gasteiger partial charge on any atom is -0.454 e. The normalized spacial score (nSPS) is 14.7. The van der Waals surface area contributed by atoms with E-state index in [9.17, 15) is 4.39 Å². The average Bonchev–Trinajstić information content (AvgIpc) is 3.11. The van der Waals surface area contributed by atoms with Crippen molar-refractivity contribution in [3.63, 3.8) is 0 Å². The van der Waals surface area contributed by atoms with Gasteiger partial charge in [-0.15, -0.1) is 0 Å². The fraction of sp³-hybridized carbons (Fsp3) is 0.500. The lowest BCUT2D eigenvalue weighted by molar-refractivity contribution is 0.174. The molecule has 0 bridgehead atoms. The number of benzene rings is 1. The van der Waals surface area contributed by atoms with E-state index >= 15 is 0 Å². The molecule has 0 fully saturated rings. The lowest BCUT2D eigenvalue weighted by atomic mass is 10.0. The van der Waals surface area contributed by atoms with Gasteiger partial charge in [0, 0.05) is 25.9 Å². The van der Waals surface area contributed by atoms with Gasteiger partial charge in [-0.3, -0.25) is 0 Å². The Labute approximate surface area is 183 Å². The molecular formula is C22H33FN6O2. The number of nitrogens with two attached hydrogens (primary N) is 1. The molecule has 0 atom stereocenters. The van der Waals surface area contributed by atoms with Gasteiger partial charge in [0.05, 0.1) is 5.71 Å². The number of amidine groups is 1. The highest BCUT2D eigenvalue weighted by molar-refractivity contribution is 5.99. The molecule has 1 aliphatic rings. The predicted molar refractivity (Wildman–Crippen MR) is 123 cm³/mol. The van der Waals surface area contributed by atoms with Crippen LogP contribution in [-0.4, -0.2) is 43.4 Å². The topological polar surface area (TPSA) is 117 Å². The fourth-order valence-electron chi connectivity index (χ4n) is 3.00. The molecule has 0 saturated carbocycles. The Bertz CT molecular complexity index is 888. The van der Waals surface area contributed by atoms with Gasteiger partial charge in [0.25, 0.3) is 0 Å². The molecule has 0 amide bonds. The third-order valence-electron chi connectivity index (χ3n) is 4.54. The maximum atomic E-state index is 13.3. The van der Waals surface area contributed by atoms with Crippen LogP contribution in [0.15, 0.2) is 33.6 Å². The molecule has 9 heteroatoms. The molecular weight excluding hydrogens is 399 g/mol. The highest BCUT2D eigenvalue weighted by atomic mass is 19.1. The zero-order valence-corrected chi connectivity index (χ0v) is 18.9. The van der Waals surface area contributed by atoms with Crippen LogP contribution in [0.4, 0.5) is 4.39 Å². The van der Waals surface area contributed by atoms with Crippen molar-refractivity contribution >= 4 is 17.5 Å². The Kier molecular flexibility index (Phi) is 8.99. The number of fused-ring (bicyclic) bond motifs is 1. The first kappa shape index (κ1) is 24.3. The molecule has 0 unspecified atom stereocenters. The maximum absolute atomic E-state index is 13.3. The quantitative estimate of drug-likeness (QED) is 0.257. The number of aliphatic imine (C=N–C) groups is 2. The summed E-state index contributed by atoms with van der Waals surface area (Å²) in [7, 11) is 0. The Morgan fingerprint density at radius 1 is 1.19 bits per heavy atom. The van der Waals surface area contributed by atoms with Crippen LogP contribution in [0, 0.1) is 12.3 Å². The third-order valence-corrected chi connectivity index (χ3v) is 4.54. The first-order valence-corrected chi connectivity index (χ1v) is 10.4. The average molecular weight is 433 g/mol. The SMILES string of the molecule is CC(=N)C(/N=C(/Cc1cc2c(cc1C)OCO2)NCCCNC(C)C)=C(N)\N=C(/C)F. The van der Waals surface area contributed by atoms with Crippen molar-refractivity contribution in [1.82, 2.24) is 10.6 Å². The number of aryl methyl sites for hydroxylation is 1. The minimum absolute atomic E-state index is 0.102. The van der Waals surface area contributed by atoms with Crippen molar-refractivity contribution < 1.29 is 13.9 Å². The zero-order valence-electron chi connectivity index (χ0n) is 18.9. The van der Waals surface area contributed by atoms with Gasteiger partial charge in [0.15, 0.2) is 23.3 Å². The predicted octanol–water partition coefficient (Wildman–Crippen LogP) is 3.20. The van der Waals surface area contributed by atoms with E-state index in [1.54, 1.807) is 6.92 Å². The molecule has 8 nitrogen and oxygen atoms in total. The first-order valence-electron chi connectivity index (χ1n) is 10.4. The van der Waals surface area contributed by atoms with Gasteiger partial charge in [-0.25, -0.2) is 9.98 Å². The number of nitrogens with one attached hydrogen (secondary N) is 3. The second kappa shape index (κ2) is 11.5. The van der Waals surface area contributed by atoms with Crippen molar-refractivity contribution in [3.8, 4) is 11.5 Å². The fourth-order valence-corrected chi connectivity index (χ4v) is 3.00. The Hall–Kier alpha value is -2.94. The van der Waals surface area contributed by atoms with Crippen LogP contribution in [0.3, 0.4) is 0 Å². The van der Waals surface area contributed by atoms with Crippen LogP contribution in [0.25, 0.3) is 0 Å². The molecule has 170 valence electrons. The summed E-state index contributed by atoms with van der Waals surface area (Å²) in [6, 6.07) is 4.29. The summed E-state index contributed by atoms with van der Waals surface area (Å²) >= 11 is 0. The summed E-state index contributed by atoms with van der Waals surface area (Å²) in [5.74, 6) is 1.21. The van der Waals surface area contributed by atoms with E-state index in [2.05, 4.69) is 34.5 Å². The van der Waals surface area contributed by atoms with E-state index in [-0.39, 0.29) is 24.0 Å². The van der Waals surface area contributed by atoms with E-state index in [0.717, 1.165) is 29.8 Å². The summed E-state index contributed by atoms with van der Waals surface area (Å²) in [5.41, 5.74) is 8.18. The Morgan fingerprint density at radius 2 is 1.87 bits per heavy atom. The first-order chi connectivity index (χ1) is 14.7. The van der Waals surface area contributed by atoms with Gasteiger partial charge in [-0.2, -0.15) is 4.39 Å². The lowest BCUT2D eigenvalue weighted by Crippen LogP contribution is -2.31. The van der Waals surface area contributed by atoms with E-state index in [1.165, 1.54) is 6.92 Å². The number of halogens is 1. The van der Waals surface area contributed by atoms with Crippen LogP contribution in [-0.2, 0) is 6.42 Å². The van der Waals surface area contributed by atoms with Gasteiger partial charge in [0.2, 0.25) is 6.79 Å². The van der Waals surface area contributed by atoms with E-state index in [4.69, 9.17) is 20.6 Å². The summed E-state index contributed by atoms with van der Waals surface area (Å²) in [5, 5.41) is 14.7. The molecule has 1 heterocycles. The standard InChI is InChI=1S/C22H33FN6O2/c1-13(2)26-7-6-8-27-20(29-21(15(4)24)22(25)28-16(5)23)11-17-10-19-18(9-14(17)3)30-12-31-19/h9-10,13,24,26H,6-8,11-12,25H2,1-5H3,(H,27,29)/b22-21+,24-15?,28-16+. The van der Waals surface area contributed by atoms with Crippen molar-refractivity contribution in [2.45, 2.75) is 53.5 Å². The molecule has 0 aromatic heterocycles. The van der Waals surface area contributed by atoms with Crippen LogP contribution < -0.4 is 25.8 Å². The van der Waals surface area contributed by atoms with Gasteiger partial charge in [0.1, 0.15) is 11.5 Å². The van der Waals surface area contributed by atoms with Crippen LogP contribution in [0.5, 0.6) is 11.5 Å². The number of nitrogens with zero attached hydrogens (tertiary/aromatic N) is 2. The highest BCUT2D eigenvalue weighted by Crippen LogP contribution is 2.34. The second-order valence-corrected chi connectivity index (χ2v) is 7.72. The number of hydrogen-bond acceptors (Lipinski definition) is 7. The van der Waals surface area contributed by atoms with Crippen LogP contribution >= 0.6 is 0 Å². The molecule has 1 aromatic carbocycles. The largest absolute Gasteiger partial charge is 0.454 e. The van der Waals surface area contributed by atoms with Crippen molar-refractivity contribution in [2.75, 3.05) is 19.9 Å². The molecule has 5 N–H and O–H groups in total. The van der Waals surface area contributed by atoms with Gasteiger partial charge >= 0.3 is 0 Å². The number of rotatable bonds is 10. The van der Waals surface area contributed by atoms with Gasteiger partial charge in [-0.1, -0.05) is 13.8 Å². The summed E-state index contributed by atoms with van der Waals surface area (Å²) in [6.07, 6.45) is 1.35. The third kappa shape index (κ3) is 7.67. The molecule has 0 aliphatic carbocycles. The van der Waals surface area contributed by atoms with Crippen molar-refractivity contribution in [1.29, 1.82) is 5.41 Å². The van der Waals surface area contributed by atoms with E-state index in [0.29, 0.717) is 30.6 Å². The van der Waals surface area contributed by atoms with Gasteiger partial charge < -0.3 is 31.3 Å². The Morgan fingerprint density at radius 3 is 2.48 bits per heavy atom. The van der Waals surface area contributed by atoms with E-state index in [1.807, 2.05) is 19.1 Å². The lowest BCUT2D eigenvalue weighted by Gasteiger charge is -2.15. The van der Waals surface area contributed by atoms with Crippen molar-refractivity contribution in [3.05, 3.63) is 34.8 Å². The molecule has 31 heavy (non-hydrogen) atoms. The molecule has 0 saturated heterocycles. The molecule has 0 radical (unpaired) electrons. The highest BCUT2D eigenvalue weighted by Gasteiger charge is 2.17. The second-order valence-electron chi connectivity index (χ2n) is 7.72. The van der Waals surface area contributed by atoms with Crippen LogP contribution in [0.2, 0.25) is 0 Å². The Balaban J connectivity index is 2.30. The summed E-state index contributed by atoms with van der Waals surface area (Å²) in [6.45, 7) is 10.7.